The van der Waals surface area contributed by atoms with Crippen LogP contribution in [-0.4, -0.2) is 27.4 Å². The zero-order valence-electron chi connectivity index (χ0n) is 11.7. The van der Waals surface area contributed by atoms with Gasteiger partial charge < -0.3 is 5.32 Å². The standard InChI is InChI=1S/C13H21N3OS2/c1-8-6-4-5-7-11(8)14-12(17)9(2)18-13-16-15-10(3)19-13/h8-9,11H,4-7H2,1-3H3,(H,14,17)/t8-,9-,11-/m0/s1. The number of hydrogen-bond donors (Lipinski definition) is 1. The minimum atomic E-state index is -0.110. The molecular weight excluding hydrogens is 278 g/mol. The van der Waals surface area contributed by atoms with Gasteiger partial charge in [-0.2, -0.15) is 0 Å². The average Bonchev–Trinajstić information content (AvgIpc) is 2.77. The van der Waals surface area contributed by atoms with E-state index in [4.69, 9.17) is 0 Å². The molecule has 0 spiro atoms. The molecule has 0 saturated heterocycles. The second-order valence-corrected chi connectivity index (χ2v) is 7.99. The Balaban J connectivity index is 1.85. The summed E-state index contributed by atoms with van der Waals surface area (Å²) in [7, 11) is 0. The van der Waals surface area contributed by atoms with Crippen molar-refractivity contribution >= 4 is 29.0 Å². The van der Waals surface area contributed by atoms with E-state index in [1.807, 2.05) is 13.8 Å². The van der Waals surface area contributed by atoms with Crippen LogP contribution in [0.1, 0.15) is 44.5 Å². The van der Waals surface area contributed by atoms with Gasteiger partial charge in [0.1, 0.15) is 5.01 Å². The van der Waals surface area contributed by atoms with Crippen molar-refractivity contribution < 1.29 is 4.79 Å². The summed E-state index contributed by atoms with van der Waals surface area (Å²) in [5.74, 6) is 0.718. The molecule has 19 heavy (non-hydrogen) atoms. The van der Waals surface area contributed by atoms with E-state index in [0.29, 0.717) is 12.0 Å². The summed E-state index contributed by atoms with van der Waals surface area (Å²) in [5.41, 5.74) is 0. The smallest absolute Gasteiger partial charge is 0.233 e. The molecule has 1 aromatic rings. The van der Waals surface area contributed by atoms with Crippen LogP contribution in [0.4, 0.5) is 0 Å². The minimum Gasteiger partial charge on any atom is -0.352 e. The maximum atomic E-state index is 12.2. The highest BCUT2D eigenvalue weighted by atomic mass is 32.2. The number of carbonyl (C=O) groups excluding carboxylic acids is 1. The normalized spacial score (nSPS) is 25.0. The van der Waals surface area contributed by atoms with Crippen molar-refractivity contribution in [3.05, 3.63) is 5.01 Å². The molecule has 1 heterocycles. The van der Waals surface area contributed by atoms with E-state index < -0.39 is 0 Å². The van der Waals surface area contributed by atoms with E-state index in [1.54, 1.807) is 11.3 Å². The van der Waals surface area contributed by atoms with Gasteiger partial charge in [0.15, 0.2) is 4.34 Å². The summed E-state index contributed by atoms with van der Waals surface area (Å²) >= 11 is 3.04. The molecule has 4 nitrogen and oxygen atoms in total. The quantitative estimate of drug-likeness (QED) is 0.868. The zero-order chi connectivity index (χ0) is 13.8. The minimum absolute atomic E-state index is 0.110. The van der Waals surface area contributed by atoms with Crippen molar-refractivity contribution in [1.82, 2.24) is 15.5 Å². The predicted molar refractivity (Wildman–Crippen MR) is 79.5 cm³/mol. The lowest BCUT2D eigenvalue weighted by Gasteiger charge is -2.30. The molecule has 3 atom stereocenters. The fourth-order valence-corrected chi connectivity index (χ4v) is 4.33. The second kappa shape index (κ2) is 6.70. The number of carbonyl (C=O) groups is 1. The number of nitrogens with zero attached hydrogens (tertiary/aromatic N) is 2. The van der Waals surface area contributed by atoms with Crippen LogP contribution < -0.4 is 5.32 Å². The maximum absolute atomic E-state index is 12.2. The van der Waals surface area contributed by atoms with Crippen LogP contribution in [-0.2, 0) is 4.79 Å². The largest absolute Gasteiger partial charge is 0.352 e. The van der Waals surface area contributed by atoms with Crippen LogP contribution in [0.15, 0.2) is 4.34 Å². The van der Waals surface area contributed by atoms with Crippen LogP contribution in [0.3, 0.4) is 0 Å². The highest BCUT2D eigenvalue weighted by Gasteiger charge is 2.25. The lowest BCUT2D eigenvalue weighted by molar-refractivity contribution is -0.121. The predicted octanol–water partition coefficient (Wildman–Crippen LogP) is 3.02. The van der Waals surface area contributed by atoms with E-state index in [2.05, 4.69) is 22.4 Å². The number of rotatable bonds is 4. The number of hydrogen-bond acceptors (Lipinski definition) is 5. The molecule has 106 valence electrons. The van der Waals surface area contributed by atoms with Crippen molar-refractivity contribution in [3.63, 3.8) is 0 Å². The number of aromatic nitrogens is 2. The zero-order valence-corrected chi connectivity index (χ0v) is 13.3. The Kier molecular flexibility index (Phi) is 5.21. The van der Waals surface area contributed by atoms with Gasteiger partial charge in [-0.25, -0.2) is 0 Å². The van der Waals surface area contributed by atoms with Crippen molar-refractivity contribution in [1.29, 1.82) is 0 Å². The highest BCUT2D eigenvalue weighted by molar-refractivity contribution is 8.02. The molecule has 0 radical (unpaired) electrons. The van der Waals surface area contributed by atoms with Crippen LogP contribution >= 0.6 is 23.1 Å². The van der Waals surface area contributed by atoms with E-state index in [9.17, 15) is 4.79 Å². The van der Waals surface area contributed by atoms with Crippen molar-refractivity contribution in [2.45, 2.75) is 62.1 Å². The van der Waals surface area contributed by atoms with Crippen molar-refractivity contribution in [3.8, 4) is 0 Å². The summed E-state index contributed by atoms with van der Waals surface area (Å²) in [6.45, 7) is 6.09. The first-order chi connectivity index (χ1) is 9.06. The van der Waals surface area contributed by atoms with E-state index in [-0.39, 0.29) is 11.2 Å². The average molecular weight is 299 g/mol. The summed E-state index contributed by atoms with van der Waals surface area (Å²) in [4.78, 5) is 12.2. The molecule has 0 bridgehead atoms. The first-order valence-corrected chi connectivity index (χ1v) is 8.53. The van der Waals surface area contributed by atoms with Crippen molar-refractivity contribution in [2.75, 3.05) is 0 Å². The molecule has 1 N–H and O–H groups in total. The fraction of sp³-hybridized carbons (Fsp3) is 0.769. The van der Waals surface area contributed by atoms with Gasteiger partial charge in [-0.05, 0) is 32.6 Å². The third-order valence-corrected chi connectivity index (χ3v) is 5.62. The Morgan fingerprint density at radius 1 is 1.42 bits per heavy atom. The Bertz CT molecular complexity index is 435. The summed E-state index contributed by atoms with van der Waals surface area (Å²) < 4.78 is 0.872. The summed E-state index contributed by atoms with van der Waals surface area (Å²) in [6.07, 6.45) is 4.86. The third kappa shape index (κ3) is 4.18. The number of nitrogens with one attached hydrogen (secondary N) is 1. The molecule has 1 amide bonds. The fourth-order valence-electron chi connectivity index (χ4n) is 2.36. The molecule has 1 aliphatic carbocycles. The van der Waals surface area contributed by atoms with Gasteiger partial charge in [0, 0.05) is 6.04 Å². The SMILES string of the molecule is Cc1nnc(S[C@@H](C)C(=O)N[C@H]2CCCC[C@@H]2C)s1. The van der Waals surface area contributed by atoms with Crippen molar-refractivity contribution in [2.24, 2.45) is 5.92 Å². The third-order valence-electron chi connectivity index (χ3n) is 3.59. The summed E-state index contributed by atoms with van der Waals surface area (Å²) in [6, 6.07) is 0.348. The van der Waals surface area contributed by atoms with Crippen LogP contribution in [0.5, 0.6) is 0 Å². The molecule has 1 aliphatic rings. The van der Waals surface area contributed by atoms with E-state index >= 15 is 0 Å². The maximum Gasteiger partial charge on any atom is 0.233 e. The molecule has 0 unspecified atom stereocenters. The number of aryl methyl sites for hydroxylation is 1. The highest BCUT2D eigenvalue weighted by Crippen LogP contribution is 2.28. The Morgan fingerprint density at radius 3 is 2.79 bits per heavy atom. The summed E-state index contributed by atoms with van der Waals surface area (Å²) in [5, 5.41) is 12.0. The van der Waals surface area contributed by atoms with Gasteiger partial charge in [0.05, 0.1) is 5.25 Å². The molecule has 1 aromatic heterocycles. The topological polar surface area (TPSA) is 54.9 Å². The van der Waals surface area contributed by atoms with Gasteiger partial charge in [-0.15, -0.1) is 10.2 Å². The molecule has 1 saturated carbocycles. The monoisotopic (exact) mass is 299 g/mol. The first-order valence-electron chi connectivity index (χ1n) is 6.83. The van der Waals surface area contributed by atoms with Gasteiger partial charge in [-0.3, -0.25) is 4.79 Å². The van der Waals surface area contributed by atoms with Gasteiger partial charge in [0.25, 0.3) is 0 Å². The lowest BCUT2D eigenvalue weighted by atomic mass is 9.86. The van der Waals surface area contributed by atoms with Gasteiger partial charge >= 0.3 is 0 Å². The second-order valence-electron chi connectivity index (χ2n) is 5.22. The van der Waals surface area contributed by atoms with Gasteiger partial charge in [-0.1, -0.05) is 42.9 Å². The molecule has 1 fully saturated rings. The lowest BCUT2D eigenvalue weighted by Crippen LogP contribution is -2.44. The van der Waals surface area contributed by atoms with Crippen LogP contribution in [0, 0.1) is 12.8 Å². The molecule has 0 aromatic carbocycles. The Hall–Kier alpha value is -0.620. The Morgan fingerprint density at radius 2 is 2.16 bits per heavy atom. The Labute approximate surface area is 122 Å². The molecule has 2 rings (SSSR count). The molecule has 6 heteroatoms. The van der Waals surface area contributed by atoms with E-state index in [1.165, 1.54) is 31.0 Å². The first kappa shape index (κ1) is 14.8. The molecule has 0 aliphatic heterocycles. The number of thioether (sulfide) groups is 1. The van der Waals surface area contributed by atoms with Crippen LogP contribution in [0.25, 0.3) is 0 Å². The van der Waals surface area contributed by atoms with Crippen LogP contribution in [0.2, 0.25) is 0 Å². The van der Waals surface area contributed by atoms with Gasteiger partial charge in [0.2, 0.25) is 5.91 Å². The van der Waals surface area contributed by atoms with E-state index in [0.717, 1.165) is 15.8 Å². The molecular formula is C13H21N3OS2. The number of amides is 1.